The lowest BCUT2D eigenvalue weighted by atomic mass is 9.90. The van der Waals surface area contributed by atoms with E-state index in [2.05, 4.69) is 10.4 Å². The van der Waals surface area contributed by atoms with E-state index in [1.807, 2.05) is 31.2 Å². The van der Waals surface area contributed by atoms with Crippen molar-refractivity contribution in [1.82, 2.24) is 15.1 Å². The molecule has 2 aromatic rings. The maximum absolute atomic E-state index is 13.7. The molecule has 0 unspecified atom stereocenters. The molecule has 1 saturated carbocycles. The first-order valence-electron chi connectivity index (χ1n) is 11.3. The summed E-state index contributed by atoms with van der Waals surface area (Å²) in [5.74, 6) is -1.16. The van der Waals surface area contributed by atoms with Gasteiger partial charge in [0.15, 0.2) is 5.69 Å². The zero-order valence-corrected chi connectivity index (χ0v) is 18.9. The van der Waals surface area contributed by atoms with Crippen molar-refractivity contribution >= 4 is 23.5 Å². The molecule has 0 spiro atoms. The molecule has 1 aromatic heterocycles. The number of anilines is 1. The summed E-state index contributed by atoms with van der Waals surface area (Å²) in [4.78, 5) is 41.1. The molecule has 1 atom stereocenters. The Morgan fingerprint density at radius 3 is 2.62 bits per heavy atom. The Labute approximate surface area is 187 Å². The van der Waals surface area contributed by atoms with Crippen molar-refractivity contribution in [3.8, 4) is 0 Å². The molecule has 1 aromatic carbocycles. The van der Waals surface area contributed by atoms with Crippen molar-refractivity contribution in [2.75, 3.05) is 11.5 Å². The van der Waals surface area contributed by atoms with E-state index in [1.54, 1.807) is 18.7 Å². The minimum Gasteiger partial charge on any atom is -0.461 e. The van der Waals surface area contributed by atoms with Crippen LogP contribution >= 0.6 is 0 Å². The first-order chi connectivity index (χ1) is 15.3. The molecule has 0 saturated heterocycles. The van der Waals surface area contributed by atoms with Gasteiger partial charge in [0.2, 0.25) is 5.91 Å². The topological polar surface area (TPSA) is 93.5 Å². The quantitative estimate of drug-likeness (QED) is 0.724. The number of hydrogen-bond donors (Lipinski definition) is 1. The summed E-state index contributed by atoms with van der Waals surface area (Å²) in [6.45, 7) is 5.75. The largest absolute Gasteiger partial charge is 0.461 e. The fraction of sp³-hybridized carbons (Fsp3) is 0.500. The highest BCUT2D eigenvalue weighted by molar-refractivity contribution is 6.12. The standard InChI is InChI=1S/C24H30N4O4/c1-4-32-22(30)18-14-20-21(29)28(19-13-9-8-10-16(19)2)24(3,15-27(20)26-18)23(31)25-17-11-6-5-7-12-17/h8-10,13-14,17H,4-7,11-12,15H2,1-3H3,(H,25,31)/t24-/m1/s1. The van der Waals surface area contributed by atoms with E-state index in [0.29, 0.717) is 5.69 Å². The average Bonchev–Trinajstić information content (AvgIpc) is 3.20. The predicted molar refractivity (Wildman–Crippen MR) is 120 cm³/mol. The van der Waals surface area contributed by atoms with Gasteiger partial charge in [-0.3, -0.25) is 19.2 Å². The molecule has 1 N–H and O–H groups in total. The lowest BCUT2D eigenvalue weighted by Gasteiger charge is -2.44. The normalized spacial score (nSPS) is 21.2. The third-order valence-electron chi connectivity index (χ3n) is 6.42. The number of fused-ring (bicyclic) bond motifs is 1. The van der Waals surface area contributed by atoms with Gasteiger partial charge < -0.3 is 10.1 Å². The van der Waals surface area contributed by atoms with Crippen LogP contribution in [-0.2, 0) is 16.1 Å². The zero-order chi connectivity index (χ0) is 22.9. The predicted octanol–water partition coefficient (Wildman–Crippen LogP) is 3.24. The number of ether oxygens (including phenoxy) is 1. The molecule has 4 rings (SSSR count). The molecule has 2 amide bonds. The Morgan fingerprint density at radius 1 is 1.22 bits per heavy atom. The highest BCUT2D eigenvalue weighted by Gasteiger charge is 2.49. The zero-order valence-electron chi connectivity index (χ0n) is 18.9. The highest BCUT2D eigenvalue weighted by atomic mass is 16.5. The molecule has 8 nitrogen and oxygen atoms in total. The molecule has 0 bridgehead atoms. The Kier molecular flexibility index (Phi) is 6.04. The molecule has 8 heteroatoms. The smallest absolute Gasteiger partial charge is 0.358 e. The van der Waals surface area contributed by atoms with Crippen molar-refractivity contribution < 1.29 is 19.1 Å². The number of aromatic nitrogens is 2. The van der Waals surface area contributed by atoms with Gasteiger partial charge in [0, 0.05) is 17.8 Å². The van der Waals surface area contributed by atoms with E-state index in [9.17, 15) is 14.4 Å². The number of para-hydroxylation sites is 1. The number of aryl methyl sites for hydroxylation is 1. The number of rotatable bonds is 5. The number of amides is 2. The Bertz CT molecular complexity index is 1040. The third-order valence-corrected chi connectivity index (χ3v) is 6.42. The summed E-state index contributed by atoms with van der Waals surface area (Å²) in [5, 5.41) is 7.49. The second-order valence-electron chi connectivity index (χ2n) is 8.80. The van der Waals surface area contributed by atoms with Crippen molar-refractivity contribution in [2.45, 2.75) is 71.0 Å². The van der Waals surface area contributed by atoms with Crippen LogP contribution in [0.5, 0.6) is 0 Å². The van der Waals surface area contributed by atoms with Gasteiger partial charge in [-0.05, 0) is 45.2 Å². The van der Waals surface area contributed by atoms with Crippen LogP contribution in [0.3, 0.4) is 0 Å². The van der Waals surface area contributed by atoms with Gasteiger partial charge >= 0.3 is 5.97 Å². The van der Waals surface area contributed by atoms with Gasteiger partial charge in [-0.1, -0.05) is 37.5 Å². The van der Waals surface area contributed by atoms with Gasteiger partial charge in [-0.2, -0.15) is 5.10 Å². The van der Waals surface area contributed by atoms with Crippen LogP contribution < -0.4 is 10.2 Å². The number of benzene rings is 1. The third kappa shape index (κ3) is 3.89. The van der Waals surface area contributed by atoms with Crippen LogP contribution in [0.2, 0.25) is 0 Å². The van der Waals surface area contributed by atoms with Crippen molar-refractivity contribution in [3.05, 3.63) is 47.3 Å². The number of esters is 1. The summed E-state index contributed by atoms with van der Waals surface area (Å²) in [5.41, 5.74) is 0.683. The summed E-state index contributed by atoms with van der Waals surface area (Å²) in [7, 11) is 0. The second-order valence-corrected chi connectivity index (χ2v) is 8.80. The monoisotopic (exact) mass is 438 g/mol. The fourth-order valence-electron chi connectivity index (χ4n) is 4.67. The van der Waals surface area contributed by atoms with Crippen molar-refractivity contribution in [3.63, 3.8) is 0 Å². The number of nitrogens with zero attached hydrogens (tertiary/aromatic N) is 3. The number of carbonyl (C=O) groups excluding carboxylic acids is 3. The Balaban J connectivity index is 1.75. The number of carbonyl (C=O) groups is 3. The van der Waals surface area contributed by atoms with E-state index >= 15 is 0 Å². The maximum atomic E-state index is 13.7. The van der Waals surface area contributed by atoms with Gasteiger partial charge in [0.05, 0.1) is 13.2 Å². The van der Waals surface area contributed by atoms with Crippen LogP contribution in [0, 0.1) is 6.92 Å². The van der Waals surface area contributed by atoms with Crippen LogP contribution in [0.1, 0.15) is 72.5 Å². The lowest BCUT2D eigenvalue weighted by molar-refractivity contribution is -0.127. The number of nitrogens with one attached hydrogen (secondary N) is 1. The van der Waals surface area contributed by atoms with E-state index in [0.717, 1.165) is 31.2 Å². The first kappa shape index (κ1) is 22.0. The average molecular weight is 439 g/mol. The lowest BCUT2D eigenvalue weighted by Crippen LogP contribution is -2.65. The van der Waals surface area contributed by atoms with Crippen LogP contribution in [0.25, 0.3) is 0 Å². The minimum atomic E-state index is -1.20. The molecular weight excluding hydrogens is 408 g/mol. The maximum Gasteiger partial charge on any atom is 0.358 e. The molecule has 2 aliphatic rings. The molecule has 2 heterocycles. The van der Waals surface area contributed by atoms with E-state index in [4.69, 9.17) is 4.74 Å². The SMILES string of the molecule is CCOC(=O)c1cc2n(n1)C[C@](C)(C(=O)NC1CCCCC1)N(c1ccccc1C)C2=O. The highest BCUT2D eigenvalue weighted by Crippen LogP contribution is 2.35. The molecule has 1 fully saturated rings. The summed E-state index contributed by atoms with van der Waals surface area (Å²) in [6.07, 6.45) is 5.26. The van der Waals surface area contributed by atoms with Crippen LogP contribution in [-0.4, -0.2) is 45.8 Å². The van der Waals surface area contributed by atoms with Gasteiger partial charge in [0.1, 0.15) is 11.2 Å². The molecule has 1 aliphatic carbocycles. The van der Waals surface area contributed by atoms with Crippen molar-refractivity contribution in [2.24, 2.45) is 0 Å². The van der Waals surface area contributed by atoms with Gasteiger partial charge in [0.25, 0.3) is 5.91 Å². The van der Waals surface area contributed by atoms with Crippen LogP contribution in [0.4, 0.5) is 5.69 Å². The molecule has 32 heavy (non-hydrogen) atoms. The molecular formula is C24H30N4O4. The summed E-state index contributed by atoms with van der Waals surface area (Å²) >= 11 is 0. The number of hydrogen-bond acceptors (Lipinski definition) is 5. The molecule has 1 aliphatic heterocycles. The first-order valence-corrected chi connectivity index (χ1v) is 11.3. The fourth-order valence-corrected chi connectivity index (χ4v) is 4.67. The van der Waals surface area contributed by atoms with Crippen LogP contribution in [0.15, 0.2) is 30.3 Å². The summed E-state index contributed by atoms with van der Waals surface area (Å²) in [6, 6.07) is 9.07. The van der Waals surface area contributed by atoms with E-state index in [1.165, 1.54) is 17.2 Å². The van der Waals surface area contributed by atoms with E-state index in [-0.39, 0.29) is 42.4 Å². The summed E-state index contributed by atoms with van der Waals surface area (Å²) < 4.78 is 6.51. The minimum absolute atomic E-state index is 0.0665. The van der Waals surface area contributed by atoms with Gasteiger partial charge in [-0.15, -0.1) is 0 Å². The molecule has 0 radical (unpaired) electrons. The van der Waals surface area contributed by atoms with Crippen molar-refractivity contribution in [1.29, 1.82) is 0 Å². The Hall–Kier alpha value is -3.16. The van der Waals surface area contributed by atoms with E-state index < -0.39 is 11.5 Å². The Morgan fingerprint density at radius 2 is 1.94 bits per heavy atom. The second kappa shape index (κ2) is 8.76. The molecule has 170 valence electrons. The van der Waals surface area contributed by atoms with Gasteiger partial charge in [-0.25, -0.2) is 4.79 Å².